The molecule has 0 heterocycles. The smallest absolute Gasteiger partial charge is 0.253 e. The first-order chi connectivity index (χ1) is 9.40. The van der Waals surface area contributed by atoms with E-state index >= 15 is 0 Å². The van der Waals surface area contributed by atoms with E-state index in [1.165, 1.54) is 24.3 Å². The first-order valence-electron chi connectivity index (χ1n) is 6.38. The van der Waals surface area contributed by atoms with Crippen LogP contribution in [0, 0.1) is 5.82 Å². The van der Waals surface area contributed by atoms with Crippen LogP contribution >= 0.6 is 12.2 Å². The van der Waals surface area contributed by atoms with Gasteiger partial charge in [0.1, 0.15) is 5.82 Å². The molecule has 0 aliphatic heterocycles. The summed E-state index contributed by atoms with van der Waals surface area (Å²) in [5.41, 5.74) is 5.95. The molecule has 0 radical (unpaired) electrons. The molecule has 2 N–H and O–H groups in total. The summed E-state index contributed by atoms with van der Waals surface area (Å²) >= 11 is 4.85. The van der Waals surface area contributed by atoms with Gasteiger partial charge in [0.15, 0.2) is 0 Å². The zero-order chi connectivity index (χ0) is 15.1. The Kier molecular flexibility index (Phi) is 6.54. The molecule has 0 aliphatic carbocycles. The van der Waals surface area contributed by atoms with Crippen LogP contribution in [0.15, 0.2) is 24.3 Å². The molecule has 110 valence electrons. The van der Waals surface area contributed by atoms with Gasteiger partial charge in [0, 0.05) is 31.6 Å². The summed E-state index contributed by atoms with van der Waals surface area (Å²) in [7, 11) is 3.88. The van der Waals surface area contributed by atoms with E-state index < -0.39 is 0 Å². The van der Waals surface area contributed by atoms with Crippen molar-refractivity contribution in [3.05, 3.63) is 35.6 Å². The molecule has 1 aromatic carbocycles. The highest BCUT2D eigenvalue weighted by atomic mass is 32.1. The topological polar surface area (TPSA) is 49.6 Å². The Morgan fingerprint density at radius 1 is 1.20 bits per heavy atom. The van der Waals surface area contributed by atoms with Gasteiger partial charge in [-0.1, -0.05) is 12.2 Å². The number of nitrogens with two attached hydrogens (primary N) is 1. The van der Waals surface area contributed by atoms with Crippen LogP contribution < -0.4 is 5.73 Å². The second-order valence-corrected chi connectivity index (χ2v) is 5.34. The molecule has 0 fully saturated rings. The Morgan fingerprint density at radius 2 is 1.80 bits per heavy atom. The maximum atomic E-state index is 12.9. The molecule has 0 atom stereocenters. The predicted molar refractivity (Wildman–Crippen MR) is 82.3 cm³/mol. The highest BCUT2D eigenvalue weighted by Gasteiger charge is 2.16. The quantitative estimate of drug-likeness (QED) is 0.775. The number of amides is 1. The monoisotopic (exact) mass is 297 g/mol. The van der Waals surface area contributed by atoms with Crippen LogP contribution in [-0.4, -0.2) is 54.4 Å². The van der Waals surface area contributed by atoms with Crippen LogP contribution in [0.5, 0.6) is 0 Å². The predicted octanol–water partition coefficient (Wildman–Crippen LogP) is 1.51. The minimum absolute atomic E-state index is 0.136. The van der Waals surface area contributed by atoms with Gasteiger partial charge >= 0.3 is 0 Å². The van der Waals surface area contributed by atoms with Crippen molar-refractivity contribution < 1.29 is 9.18 Å². The molecule has 0 saturated heterocycles. The van der Waals surface area contributed by atoms with E-state index in [0.717, 1.165) is 6.54 Å². The molecule has 0 unspecified atom stereocenters. The third-order valence-corrected chi connectivity index (χ3v) is 3.03. The summed E-state index contributed by atoms with van der Waals surface area (Å²) in [4.78, 5) is 16.4. The van der Waals surface area contributed by atoms with Crippen molar-refractivity contribution in [2.45, 2.75) is 6.42 Å². The van der Waals surface area contributed by atoms with Gasteiger partial charge in [0.25, 0.3) is 5.91 Å². The van der Waals surface area contributed by atoms with Gasteiger partial charge in [-0.3, -0.25) is 4.79 Å². The Hall–Kier alpha value is -1.53. The number of nitrogens with zero attached hydrogens (tertiary/aromatic N) is 2. The fourth-order valence-corrected chi connectivity index (χ4v) is 1.75. The number of halogens is 1. The van der Waals surface area contributed by atoms with Crippen molar-refractivity contribution in [2.24, 2.45) is 5.73 Å². The summed E-state index contributed by atoms with van der Waals surface area (Å²) in [5.74, 6) is -0.493. The second-order valence-electron chi connectivity index (χ2n) is 4.82. The minimum atomic E-state index is -0.357. The van der Waals surface area contributed by atoms with Crippen LogP contribution in [0.2, 0.25) is 0 Å². The van der Waals surface area contributed by atoms with E-state index in [1.807, 2.05) is 19.0 Å². The molecule has 20 heavy (non-hydrogen) atoms. The lowest BCUT2D eigenvalue weighted by atomic mass is 10.2. The first-order valence-corrected chi connectivity index (χ1v) is 6.79. The molecule has 1 aromatic rings. The lowest BCUT2D eigenvalue weighted by Gasteiger charge is -2.24. The lowest BCUT2D eigenvalue weighted by molar-refractivity contribution is 0.0749. The zero-order valence-corrected chi connectivity index (χ0v) is 12.6. The van der Waals surface area contributed by atoms with Crippen molar-refractivity contribution >= 4 is 23.1 Å². The van der Waals surface area contributed by atoms with Crippen LogP contribution in [0.4, 0.5) is 4.39 Å². The Bertz CT molecular complexity index is 462. The Morgan fingerprint density at radius 3 is 2.30 bits per heavy atom. The molecular formula is C14H20FN3OS. The van der Waals surface area contributed by atoms with Crippen molar-refractivity contribution in [3.63, 3.8) is 0 Å². The average molecular weight is 297 g/mol. The lowest BCUT2D eigenvalue weighted by Crippen LogP contribution is -2.38. The van der Waals surface area contributed by atoms with Gasteiger partial charge in [0.2, 0.25) is 0 Å². The number of benzene rings is 1. The van der Waals surface area contributed by atoms with Crippen molar-refractivity contribution in [2.75, 3.05) is 33.7 Å². The zero-order valence-electron chi connectivity index (χ0n) is 11.8. The van der Waals surface area contributed by atoms with Crippen molar-refractivity contribution in [3.8, 4) is 0 Å². The van der Waals surface area contributed by atoms with E-state index in [2.05, 4.69) is 0 Å². The molecule has 6 heteroatoms. The van der Waals surface area contributed by atoms with Crippen LogP contribution in [-0.2, 0) is 0 Å². The normalized spacial score (nSPS) is 10.6. The molecule has 0 spiro atoms. The maximum absolute atomic E-state index is 12.9. The second kappa shape index (κ2) is 7.91. The molecule has 0 bridgehead atoms. The van der Waals surface area contributed by atoms with Gasteiger partial charge in [-0.05, 0) is 38.4 Å². The van der Waals surface area contributed by atoms with Crippen molar-refractivity contribution in [1.82, 2.24) is 9.80 Å². The van der Waals surface area contributed by atoms with Crippen LogP contribution in [0.25, 0.3) is 0 Å². The van der Waals surface area contributed by atoms with Gasteiger partial charge in [-0.2, -0.15) is 0 Å². The first kappa shape index (κ1) is 16.5. The summed E-state index contributed by atoms with van der Waals surface area (Å²) in [6, 6.07) is 5.54. The van der Waals surface area contributed by atoms with Gasteiger partial charge in [-0.15, -0.1) is 0 Å². The largest absolute Gasteiger partial charge is 0.393 e. The van der Waals surface area contributed by atoms with E-state index in [9.17, 15) is 9.18 Å². The number of carbonyl (C=O) groups is 1. The average Bonchev–Trinajstić information content (AvgIpc) is 2.38. The summed E-state index contributed by atoms with van der Waals surface area (Å²) in [5, 5.41) is 0. The maximum Gasteiger partial charge on any atom is 0.253 e. The highest BCUT2D eigenvalue weighted by Crippen LogP contribution is 2.07. The van der Waals surface area contributed by atoms with E-state index in [0.29, 0.717) is 30.1 Å². The number of thiocarbonyl (C=S) groups is 1. The number of rotatable bonds is 7. The Balaban J connectivity index is 2.76. The van der Waals surface area contributed by atoms with Crippen LogP contribution in [0.1, 0.15) is 16.8 Å². The standard InChI is InChI=1S/C14H20FN3OS/c1-17(2)9-10-18(8-7-13(16)20)14(19)11-3-5-12(15)6-4-11/h3-6H,7-10H2,1-2H3,(H2,16,20). The van der Waals surface area contributed by atoms with E-state index in [4.69, 9.17) is 18.0 Å². The molecular weight excluding hydrogens is 277 g/mol. The van der Waals surface area contributed by atoms with Gasteiger partial charge in [-0.25, -0.2) is 4.39 Å². The highest BCUT2D eigenvalue weighted by molar-refractivity contribution is 7.80. The number of hydrogen-bond acceptors (Lipinski definition) is 3. The third-order valence-electron chi connectivity index (χ3n) is 2.82. The minimum Gasteiger partial charge on any atom is -0.393 e. The number of carbonyl (C=O) groups excluding carboxylic acids is 1. The Labute approximate surface area is 124 Å². The third kappa shape index (κ3) is 5.63. The van der Waals surface area contributed by atoms with E-state index in [-0.39, 0.29) is 11.7 Å². The molecule has 4 nitrogen and oxygen atoms in total. The van der Waals surface area contributed by atoms with Crippen LogP contribution in [0.3, 0.4) is 0 Å². The summed E-state index contributed by atoms with van der Waals surface area (Å²) in [6.45, 7) is 1.79. The van der Waals surface area contributed by atoms with Gasteiger partial charge in [0.05, 0.1) is 4.99 Å². The fourth-order valence-electron chi connectivity index (χ4n) is 1.66. The molecule has 1 amide bonds. The summed E-state index contributed by atoms with van der Waals surface area (Å²) < 4.78 is 12.9. The number of hydrogen-bond donors (Lipinski definition) is 1. The molecule has 1 rings (SSSR count). The van der Waals surface area contributed by atoms with Crippen molar-refractivity contribution in [1.29, 1.82) is 0 Å². The van der Waals surface area contributed by atoms with Gasteiger partial charge < -0.3 is 15.5 Å². The summed E-state index contributed by atoms with van der Waals surface area (Å²) in [6.07, 6.45) is 0.482. The SMILES string of the molecule is CN(C)CCN(CCC(N)=S)C(=O)c1ccc(F)cc1. The van der Waals surface area contributed by atoms with E-state index in [1.54, 1.807) is 4.90 Å². The molecule has 0 saturated carbocycles. The number of likely N-dealkylation sites (N-methyl/N-ethyl adjacent to an activating group) is 1. The molecule has 0 aromatic heterocycles. The fraction of sp³-hybridized carbons (Fsp3) is 0.429. The molecule has 0 aliphatic rings.